The van der Waals surface area contributed by atoms with E-state index in [0.717, 1.165) is 12.2 Å². The van der Waals surface area contributed by atoms with Crippen LogP contribution in [0.5, 0.6) is 5.75 Å². The molecule has 0 radical (unpaired) electrons. The first-order valence-corrected chi connectivity index (χ1v) is 6.71. The van der Waals surface area contributed by atoms with Crippen LogP contribution in [0.3, 0.4) is 0 Å². The predicted octanol–water partition coefficient (Wildman–Crippen LogP) is 3.72. The molecule has 2 aromatic rings. The van der Waals surface area contributed by atoms with Crippen molar-refractivity contribution < 1.29 is 4.74 Å². The highest BCUT2D eigenvalue weighted by atomic mass is 16.5. The number of rotatable bonds is 6. The van der Waals surface area contributed by atoms with E-state index in [-0.39, 0.29) is 0 Å². The van der Waals surface area contributed by atoms with Crippen LogP contribution in [0.2, 0.25) is 0 Å². The van der Waals surface area contributed by atoms with Crippen LogP contribution in [0.4, 0.5) is 0 Å². The SMILES string of the molecule is CNC(CCOc1ccccc1)c1ccc(C)cc1. The maximum atomic E-state index is 5.74. The van der Waals surface area contributed by atoms with Crippen LogP contribution in [0.1, 0.15) is 23.6 Å². The minimum absolute atomic E-state index is 0.337. The Morgan fingerprint density at radius 2 is 1.68 bits per heavy atom. The lowest BCUT2D eigenvalue weighted by atomic mass is 10.0. The molecule has 1 atom stereocenters. The Kier molecular flexibility index (Phi) is 4.99. The molecule has 0 spiro atoms. The summed E-state index contributed by atoms with van der Waals surface area (Å²) >= 11 is 0. The molecular weight excluding hydrogens is 234 g/mol. The molecule has 2 aromatic carbocycles. The Hall–Kier alpha value is -1.80. The number of benzene rings is 2. The molecule has 2 nitrogen and oxygen atoms in total. The minimum Gasteiger partial charge on any atom is -0.494 e. The van der Waals surface area contributed by atoms with Crippen molar-refractivity contribution >= 4 is 0 Å². The maximum absolute atomic E-state index is 5.74. The lowest BCUT2D eigenvalue weighted by Gasteiger charge is -2.17. The third-order valence-electron chi connectivity index (χ3n) is 3.25. The van der Waals surface area contributed by atoms with Gasteiger partial charge in [0.2, 0.25) is 0 Å². The normalized spacial score (nSPS) is 12.1. The molecule has 0 aliphatic carbocycles. The monoisotopic (exact) mass is 255 g/mol. The first kappa shape index (κ1) is 13.6. The Labute approximate surface area is 115 Å². The maximum Gasteiger partial charge on any atom is 0.119 e. The van der Waals surface area contributed by atoms with Crippen LogP contribution < -0.4 is 10.1 Å². The molecule has 2 heteroatoms. The molecule has 0 heterocycles. The molecular formula is C17H21NO. The van der Waals surface area contributed by atoms with Crippen molar-refractivity contribution in [3.05, 3.63) is 65.7 Å². The Morgan fingerprint density at radius 3 is 2.32 bits per heavy atom. The van der Waals surface area contributed by atoms with Gasteiger partial charge in [0, 0.05) is 12.5 Å². The van der Waals surface area contributed by atoms with E-state index in [0.29, 0.717) is 12.6 Å². The standard InChI is InChI=1S/C17H21NO/c1-14-8-10-15(11-9-14)17(18-2)12-13-19-16-6-4-3-5-7-16/h3-11,17-18H,12-13H2,1-2H3. The molecule has 0 saturated carbocycles. The Morgan fingerprint density at radius 1 is 1.00 bits per heavy atom. The van der Waals surface area contributed by atoms with Crippen molar-refractivity contribution in [3.8, 4) is 5.75 Å². The lowest BCUT2D eigenvalue weighted by molar-refractivity contribution is 0.290. The van der Waals surface area contributed by atoms with E-state index in [1.807, 2.05) is 37.4 Å². The fraction of sp³-hybridized carbons (Fsp3) is 0.294. The van der Waals surface area contributed by atoms with E-state index in [1.54, 1.807) is 0 Å². The van der Waals surface area contributed by atoms with Gasteiger partial charge in [0.15, 0.2) is 0 Å². The highest BCUT2D eigenvalue weighted by Gasteiger charge is 2.08. The van der Waals surface area contributed by atoms with E-state index in [1.165, 1.54) is 11.1 Å². The zero-order valence-corrected chi connectivity index (χ0v) is 11.6. The Balaban J connectivity index is 1.87. The van der Waals surface area contributed by atoms with E-state index in [2.05, 4.69) is 36.5 Å². The molecule has 19 heavy (non-hydrogen) atoms. The van der Waals surface area contributed by atoms with Gasteiger partial charge < -0.3 is 10.1 Å². The lowest BCUT2D eigenvalue weighted by Crippen LogP contribution is -2.19. The van der Waals surface area contributed by atoms with Crippen molar-refractivity contribution in [3.63, 3.8) is 0 Å². The van der Waals surface area contributed by atoms with Crippen molar-refractivity contribution in [2.75, 3.05) is 13.7 Å². The fourth-order valence-corrected chi connectivity index (χ4v) is 2.09. The minimum atomic E-state index is 0.337. The first-order valence-electron chi connectivity index (χ1n) is 6.71. The van der Waals surface area contributed by atoms with Gasteiger partial charge in [0.25, 0.3) is 0 Å². The van der Waals surface area contributed by atoms with E-state index in [4.69, 9.17) is 4.74 Å². The van der Waals surface area contributed by atoms with Gasteiger partial charge >= 0.3 is 0 Å². The highest BCUT2D eigenvalue weighted by Crippen LogP contribution is 2.18. The fourth-order valence-electron chi connectivity index (χ4n) is 2.09. The topological polar surface area (TPSA) is 21.3 Å². The van der Waals surface area contributed by atoms with Crippen LogP contribution in [-0.2, 0) is 0 Å². The molecule has 2 rings (SSSR count). The summed E-state index contributed by atoms with van der Waals surface area (Å²) in [5, 5.41) is 3.34. The van der Waals surface area contributed by atoms with Crippen molar-refractivity contribution in [2.45, 2.75) is 19.4 Å². The summed E-state index contributed by atoms with van der Waals surface area (Å²) < 4.78 is 5.74. The van der Waals surface area contributed by atoms with Crippen molar-refractivity contribution in [2.24, 2.45) is 0 Å². The first-order chi connectivity index (χ1) is 9.29. The summed E-state index contributed by atoms with van der Waals surface area (Å²) in [4.78, 5) is 0. The molecule has 0 aliphatic heterocycles. The average molecular weight is 255 g/mol. The zero-order valence-electron chi connectivity index (χ0n) is 11.6. The van der Waals surface area contributed by atoms with Crippen LogP contribution in [0.25, 0.3) is 0 Å². The molecule has 0 amide bonds. The average Bonchev–Trinajstić information content (AvgIpc) is 2.46. The van der Waals surface area contributed by atoms with Gasteiger partial charge in [-0.2, -0.15) is 0 Å². The summed E-state index contributed by atoms with van der Waals surface area (Å²) in [7, 11) is 1.99. The highest BCUT2D eigenvalue weighted by molar-refractivity contribution is 5.24. The van der Waals surface area contributed by atoms with Crippen molar-refractivity contribution in [1.82, 2.24) is 5.32 Å². The predicted molar refractivity (Wildman–Crippen MR) is 79.5 cm³/mol. The quantitative estimate of drug-likeness (QED) is 0.849. The van der Waals surface area contributed by atoms with Crippen molar-refractivity contribution in [1.29, 1.82) is 0 Å². The van der Waals surface area contributed by atoms with Crippen LogP contribution in [0, 0.1) is 6.92 Å². The molecule has 0 fully saturated rings. The van der Waals surface area contributed by atoms with Crippen LogP contribution in [-0.4, -0.2) is 13.7 Å². The summed E-state index contributed by atoms with van der Waals surface area (Å²) in [6.45, 7) is 2.82. The number of hydrogen-bond donors (Lipinski definition) is 1. The summed E-state index contributed by atoms with van der Waals surface area (Å²) in [5.41, 5.74) is 2.60. The molecule has 0 saturated heterocycles. The van der Waals surface area contributed by atoms with E-state index in [9.17, 15) is 0 Å². The van der Waals surface area contributed by atoms with E-state index < -0.39 is 0 Å². The van der Waals surface area contributed by atoms with Gasteiger partial charge in [-0.25, -0.2) is 0 Å². The zero-order chi connectivity index (χ0) is 13.5. The molecule has 100 valence electrons. The third-order valence-corrected chi connectivity index (χ3v) is 3.25. The molecule has 1 N–H and O–H groups in total. The molecule has 0 aromatic heterocycles. The van der Waals surface area contributed by atoms with Gasteiger partial charge in [-0.05, 0) is 31.7 Å². The summed E-state index contributed by atoms with van der Waals surface area (Å²) in [6.07, 6.45) is 0.953. The summed E-state index contributed by atoms with van der Waals surface area (Å²) in [5.74, 6) is 0.932. The third kappa shape index (κ3) is 4.11. The second-order valence-electron chi connectivity index (χ2n) is 4.70. The number of nitrogens with one attached hydrogen (secondary N) is 1. The van der Waals surface area contributed by atoms with Gasteiger partial charge in [0.1, 0.15) is 5.75 Å². The van der Waals surface area contributed by atoms with Gasteiger partial charge in [-0.3, -0.25) is 0 Å². The number of ether oxygens (including phenoxy) is 1. The summed E-state index contributed by atoms with van der Waals surface area (Å²) in [6, 6.07) is 18.9. The van der Waals surface area contributed by atoms with Gasteiger partial charge in [-0.1, -0.05) is 48.0 Å². The van der Waals surface area contributed by atoms with Crippen LogP contribution in [0.15, 0.2) is 54.6 Å². The van der Waals surface area contributed by atoms with E-state index >= 15 is 0 Å². The number of aryl methyl sites for hydroxylation is 1. The molecule has 1 unspecified atom stereocenters. The molecule has 0 bridgehead atoms. The van der Waals surface area contributed by atoms with Crippen LogP contribution >= 0.6 is 0 Å². The number of hydrogen-bond acceptors (Lipinski definition) is 2. The second kappa shape index (κ2) is 6.95. The Bertz CT molecular complexity index is 478. The second-order valence-corrected chi connectivity index (χ2v) is 4.70. The smallest absolute Gasteiger partial charge is 0.119 e. The molecule has 0 aliphatic rings. The largest absolute Gasteiger partial charge is 0.494 e. The number of para-hydroxylation sites is 1. The van der Waals surface area contributed by atoms with Gasteiger partial charge in [0.05, 0.1) is 6.61 Å². The van der Waals surface area contributed by atoms with Gasteiger partial charge in [-0.15, -0.1) is 0 Å².